The molecule has 5 rings (SSSR count). The van der Waals surface area contributed by atoms with E-state index in [1.165, 1.54) is 10.1 Å². The second-order valence-electron chi connectivity index (χ2n) is 7.77. The number of nitrogens with zero attached hydrogens (tertiary/aromatic N) is 5. The van der Waals surface area contributed by atoms with Gasteiger partial charge in [-0.3, -0.25) is 0 Å². The summed E-state index contributed by atoms with van der Waals surface area (Å²) in [4.78, 5) is 9.80. The number of aryl methyl sites for hydroxylation is 1. The number of fused-ring (bicyclic) bond motifs is 5. The Labute approximate surface area is 176 Å². The summed E-state index contributed by atoms with van der Waals surface area (Å²) in [7, 11) is 2.20. The summed E-state index contributed by atoms with van der Waals surface area (Å²) in [6.45, 7) is 7.20. The molecule has 1 saturated heterocycles. The van der Waals surface area contributed by atoms with Crippen molar-refractivity contribution in [1.29, 1.82) is 0 Å². The maximum absolute atomic E-state index is 6.20. The molecular weight excluding hydrogens is 379 g/mol. The Morgan fingerprint density at radius 1 is 1.14 bits per heavy atom. The first-order valence-corrected chi connectivity index (χ1v) is 11.5. The number of anilines is 1. The summed E-state index contributed by atoms with van der Waals surface area (Å²) in [6.07, 6.45) is 3.87. The van der Waals surface area contributed by atoms with Crippen molar-refractivity contribution >= 4 is 30.7 Å². The van der Waals surface area contributed by atoms with Crippen molar-refractivity contribution < 1.29 is 4.74 Å². The molecule has 0 amide bonds. The molecule has 148 valence electrons. The Balaban J connectivity index is 1.57. The van der Waals surface area contributed by atoms with E-state index in [2.05, 4.69) is 52.4 Å². The molecule has 7 nitrogen and oxygen atoms in total. The van der Waals surface area contributed by atoms with Crippen molar-refractivity contribution in [2.45, 2.75) is 6.92 Å². The van der Waals surface area contributed by atoms with Gasteiger partial charge in [0, 0.05) is 0 Å². The van der Waals surface area contributed by atoms with E-state index in [1.54, 1.807) is 0 Å². The van der Waals surface area contributed by atoms with Gasteiger partial charge in [-0.25, -0.2) is 0 Å². The molecule has 4 heterocycles. The molecule has 2 aliphatic rings. The van der Waals surface area contributed by atoms with Gasteiger partial charge >= 0.3 is 176 Å². The zero-order valence-electron chi connectivity index (χ0n) is 16.9. The molecular formula is C21H25AlN6O. The van der Waals surface area contributed by atoms with Crippen LogP contribution in [0.4, 0.5) is 5.82 Å². The third kappa shape index (κ3) is 3.76. The van der Waals surface area contributed by atoms with Gasteiger partial charge in [0.1, 0.15) is 0 Å². The van der Waals surface area contributed by atoms with Crippen molar-refractivity contribution in [1.82, 2.24) is 24.4 Å². The Hall–Kier alpha value is -2.40. The fourth-order valence-electron chi connectivity index (χ4n) is 4.03. The van der Waals surface area contributed by atoms with E-state index in [0.717, 1.165) is 66.5 Å². The van der Waals surface area contributed by atoms with Gasteiger partial charge in [0.15, 0.2) is 0 Å². The quantitative estimate of drug-likeness (QED) is 0.574. The fourth-order valence-corrected chi connectivity index (χ4v) is 5.46. The normalized spacial score (nSPS) is 17.4. The van der Waals surface area contributed by atoms with Gasteiger partial charge < -0.3 is 0 Å². The molecule has 3 aromatic rings. The summed E-state index contributed by atoms with van der Waals surface area (Å²) < 4.78 is 9.56. The number of likely N-dealkylation sites (N-methyl/N-ethyl adjacent to an activating group) is 1. The van der Waals surface area contributed by atoms with E-state index < -0.39 is 0 Å². The fraction of sp³-hybridized carbons (Fsp3) is 0.381. The van der Waals surface area contributed by atoms with Crippen molar-refractivity contribution in [3.8, 4) is 16.9 Å². The van der Waals surface area contributed by atoms with Crippen LogP contribution in [0.2, 0.25) is 0 Å². The predicted molar refractivity (Wildman–Crippen MR) is 117 cm³/mol. The molecule has 4 bridgehead atoms. The SMILES string of the molecule is Cc1ccc2cc1-c1cnn3ccc(nc13)NCCN1CCN(C)C[C]1=[Al][CH2]O2. The van der Waals surface area contributed by atoms with Crippen LogP contribution in [0.25, 0.3) is 16.8 Å². The standard InChI is InChI=1S/C21H25N6O.Al/c1-16-4-5-17(28-3)14-18(16)19-15-23-27-8-6-20(24-21(19)27)22-7-9-26-12-10-25(2)11-13-26;/h4-6,8,14-15H,3,7,9-12H2,1-2H3,(H,22,24);. The average molecular weight is 404 g/mol. The van der Waals surface area contributed by atoms with Crippen LogP contribution in [-0.2, 0) is 0 Å². The van der Waals surface area contributed by atoms with Crippen LogP contribution >= 0.6 is 0 Å². The number of hydrogen-bond acceptors (Lipinski definition) is 6. The molecule has 1 N–H and O–H groups in total. The number of benzene rings is 1. The van der Waals surface area contributed by atoms with E-state index in [0.29, 0.717) is 0 Å². The summed E-state index contributed by atoms with van der Waals surface area (Å²) in [5.74, 6) is 1.81. The summed E-state index contributed by atoms with van der Waals surface area (Å²) in [6, 6.07) is 8.31. The summed E-state index contributed by atoms with van der Waals surface area (Å²) in [5, 5.41) is 8.01. The van der Waals surface area contributed by atoms with Crippen LogP contribution in [0.5, 0.6) is 5.75 Å². The molecule has 2 aliphatic heterocycles. The van der Waals surface area contributed by atoms with Crippen LogP contribution in [0.1, 0.15) is 5.56 Å². The third-order valence-corrected chi connectivity index (χ3v) is 7.07. The van der Waals surface area contributed by atoms with Gasteiger partial charge in [-0.05, 0) is 0 Å². The van der Waals surface area contributed by atoms with Gasteiger partial charge in [-0.2, -0.15) is 0 Å². The number of aromatic nitrogens is 3. The Kier molecular flexibility index (Phi) is 5.00. The topological polar surface area (TPSA) is 57.9 Å². The zero-order chi connectivity index (χ0) is 19.8. The first kappa shape index (κ1) is 18.6. The molecule has 0 unspecified atom stereocenters. The van der Waals surface area contributed by atoms with Gasteiger partial charge in [-0.15, -0.1) is 0 Å². The monoisotopic (exact) mass is 404 g/mol. The number of nitrogens with one attached hydrogen (secondary N) is 1. The van der Waals surface area contributed by atoms with Gasteiger partial charge in [0.25, 0.3) is 0 Å². The molecule has 1 aromatic carbocycles. The molecule has 0 spiro atoms. The molecule has 2 aromatic heterocycles. The van der Waals surface area contributed by atoms with Crippen LogP contribution in [0, 0.1) is 6.92 Å². The van der Waals surface area contributed by atoms with E-state index in [4.69, 9.17) is 9.72 Å². The molecule has 0 aliphatic carbocycles. The number of ether oxygens (including phenoxy) is 1. The van der Waals surface area contributed by atoms with E-state index in [9.17, 15) is 0 Å². The van der Waals surface area contributed by atoms with Gasteiger partial charge in [0.05, 0.1) is 0 Å². The van der Waals surface area contributed by atoms with Crippen LogP contribution in [0.3, 0.4) is 0 Å². The molecule has 0 saturated carbocycles. The first-order chi connectivity index (χ1) is 14.2. The first-order valence-electron chi connectivity index (χ1n) is 10.1. The Morgan fingerprint density at radius 3 is 3.00 bits per heavy atom. The zero-order valence-corrected chi connectivity index (χ0v) is 18.1. The number of hydrogen-bond donors (Lipinski definition) is 1. The Bertz CT molecular complexity index is 1080. The van der Waals surface area contributed by atoms with Crippen LogP contribution in [0.15, 0.2) is 36.7 Å². The van der Waals surface area contributed by atoms with E-state index in [1.807, 2.05) is 23.0 Å². The third-order valence-electron chi connectivity index (χ3n) is 5.71. The Morgan fingerprint density at radius 2 is 2.07 bits per heavy atom. The van der Waals surface area contributed by atoms with E-state index in [-0.39, 0.29) is 14.8 Å². The molecule has 29 heavy (non-hydrogen) atoms. The van der Waals surface area contributed by atoms with Gasteiger partial charge in [0.2, 0.25) is 0 Å². The summed E-state index contributed by atoms with van der Waals surface area (Å²) >= 11 is 0.0944. The van der Waals surface area contributed by atoms with Crippen molar-refractivity contribution in [2.75, 3.05) is 50.6 Å². The minimum absolute atomic E-state index is 0.0944. The van der Waals surface area contributed by atoms with E-state index >= 15 is 0 Å². The van der Waals surface area contributed by atoms with Crippen molar-refractivity contribution in [3.05, 3.63) is 42.2 Å². The van der Waals surface area contributed by atoms with Gasteiger partial charge in [-0.1, -0.05) is 0 Å². The molecule has 1 fully saturated rings. The number of piperazine rings is 1. The van der Waals surface area contributed by atoms with Crippen molar-refractivity contribution in [2.24, 2.45) is 0 Å². The molecule has 0 atom stereocenters. The maximum atomic E-state index is 6.20. The minimum atomic E-state index is 0.0944. The summed E-state index contributed by atoms with van der Waals surface area (Å²) in [5.41, 5.74) is 4.98. The average Bonchev–Trinajstić information content (AvgIpc) is 3.13. The number of rotatable bonds is 0. The molecule has 0 radical (unpaired) electrons. The van der Waals surface area contributed by atoms with Crippen molar-refractivity contribution in [3.63, 3.8) is 0 Å². The van der Waals surface area contributed by atoms with Crippen LogP contribution in [-0.4, -0.2) is 88.9 Å². The second-order valence-corrected chi connectivity index (χ2v) is 9.18. The predicted octanol–water partition coefficient (Wildman–Crippen LogP) is 1.55. The second kappa shape index (κ2) is 7.79. The molecule has 8 heteroatoms. The van der Waals surface area contributed by atoms with Crippen LogP contribution < -0.4 is 10.1 Å².